The van der Waals surface area contributed by atoms with Crippen LogP contribution in [0.5, 0.6) is 0 Å². The van der Waals surface area contributed by atoms with Crippen molar-refractivity contribution in [2.45, 2.75) is 12.6 Å². The molecule has 2 rings (SSSR count). The van der Waals surface area contributed by atoms with E-state index in [0.717, 1.165) is 13.2 Å². The first-order valence-corrected chi connectivity index (χ1v) is 3.52. The molecule has 0 bridgehead atoms. The lowest BCUT2D eigenvalue weighted by Gasteiger charge is -1.93. The zero-order valence-electron chi connectivity index (χ0n) is 5.33. The number of halogens is 1. The van der Waals surface area contributed by atoms with Crippen LogP contribution in [0.15, 0.2) is 12.4 Å². The number of hydrogen-bond acceptors (Lipinski definition) is 2. The minimum absolute atomic E-state index is 0.371. The minimum atomic E-state index is 0.371. The van der Waals surface area contributed by atoms with Crippen molar-refractivity contribution in [3.63, 3.8) is 0 Å². The number of epoxide rings is 1. The van der Waals surface area contributed by atoms with Crippen LogP contribution in [0, 0.1) is 0 Å². The zero-order valence-corrected chi connectivity index (χ0v) is 6.08. The fourth-order valence-corrected chi connectivity index (χ4v) is 0.977. The SMILES string of the molecule is Clc1cnn(CC2CO2)c1. The number of ether oxygens (including phenoxy) is 1. The molecule has 0 aliphatic carbocycles. The van der Waals surface area contributed by atoms with Crippen LogP contribution in [-0.2, 0) is 11.3 Å². The minimum Gasteiger partial charge on any atom is -0.371 e. The summed E-state index contributed by atoms with van der Waals surface area (Å²) in [6, 6.07) is 0. The summed E-state index contributed by atoms with van der Waals surface area (Å²) >= 11 is 5.64. The van der Waals surface area contributed by atoms with Crippen molar-refractivity contribution in [1.82, 2.24) is 9.78 Å². The van der Waals surface area contributed by atoms with E-state index >= 15 is 0 Å². The molecule has 10 heavy (non-hydrogen) atoms. The second-order valence-corrected chi connectivity index (χ2v) is 2.77. The monoisotopic (exact) mass is 158 g/mol. The molecule has 0 spiro atoms. The fraction of sp³-hybridized carbons (Fsp3) is 0.500. The Morgan fingerprint density at radius 2 is 2.70 bits per heavy atom. The van der Waals surface area contributed by atoms with E-state index in [9.17, 15) is 0 Å². The second kappa shape index (κ2) is 2.25. The van der Waals surface area contributed by atoms with Crippen molar-refractivity contribution in [2.24, 2.45) is 0 Å². The van der Waals surface area contributed by atoms with Crippen molar-refractivity contribution in [2.75, 3.05) is 6.61 Å². The third kappa shape index (κ3) is 1.30. The molecule has 1 aromatic rings. The van der Waals surface area contributed by atoms with Gasteiger partial charge in [0.2, 0.25) is 0 Å². The van der Waals surface area contributed by atoms with Crippen LogP contribution >= 0.6 is 11.6 Å². The van der Waals surface area contributed by atoms with Crippen LogP contribution in [0.4, 0.5) is 0 Å². The Morgan fingerprint density at radius 1 is 1.90 bits per heavy atom. The van der Waals surface area contributed by atoms with E-state index in [1.807, 2.05) is 0 Å². The Morgan fingerprint density at radius 3 is 3.20 bits per heavy atom. The molecule has 1 aliphatic rings. The largest absolute Gasteiger partial charge is 0.371 e. The zero-order chi connectivity index (χ0) is 6.97. The molecule has 0 saturated carbocycles. The van der Waals surface area contributed by atoms with Gasteiger partial charge in [-0.25, -0.2) is 0 Å². The van der Waals surface area contributed by atoms with Crippen molar-refractivity contribution in [1.29, 1.82) is 0 Å². The quantitative estimate of drug-likeness (QED) is 0.600. The van der Waals surface area contributed by atoms with Crippen molar-refractivity contribution >= 4 is 11.6 Å². The predicted octanol–water partition coefficient (Wildman–Crippen LogP) is 0.935. The average Bonchev–Trinajstić information content (AvgIpc) is 2.59. The molecule has 1 aliphatic heterocycles. The Kier molecular flexibility index (Phi) is 1.39. The summed E-state index contributed by atoms with van der Waals surface area (Å²) in [6.45, 7) is 1.68. The van der Waals surface area contributed by atoms with Crippen molar-refractivity contribution in [3.05, 3.63) is 17.4 Å². The van der Waals surface area contributed by atoms with Crippen LogP contribution in [0.2, 0.25) is 5.02 Å². The normalized spacial score (nSPS) is 23.1. The van der Waals surface area contributed by atoms with Crippen molar-refractivity contribution < 1.29 is 4.74 Å². The highest BCUT2D eigenvalue weighted by molar-refractivity contribution is 6.30. The van der Waals surface area contributed by atoms with E-state index < -0.39 is 0 Å². The van der Waals surface area contributed by atoms with Gasteiger partial charge in [-0.2, -0.15) is 5.10 Å². The molecule has 3 nitrogen and oxygen atoms in total. The Bertz CT molecular complexity index is 231. The summed E-state index contributed by atoms with van der Waals surface area (Å²) in [4.78, 5) is 0. The molecule has 1 saturated heterocycles. The first-order valence-electron chi connectivity index (χ1n) is 3.14. The van der Waals surface area contributed by atoms with Gasteiger partial charge in [-0.15, -0.1) is 0 Å². The number of nitrogens with zero attached hydrogens (tertiary/aromatic N) is 2. The van der Waals surface area contributed by atoms with E-state index in [2.05, 4.69) is 5.10 Å². The van der Waals surface area contributed by atoms with E-state index in [1.165, 1.54) is 0 Å². The second-order valence-electron chi connectivity index (χ2n) is 2.34. The van der Waals surface area contributed by atoms with Crippen LogP contribution in [0.25, 0.3) is 0 Å². The molecule has 54 valence electrons. The summed E-state index contributed by atoms with van der Waals surface area (Å²) in [7, 11) is 0. The van der Waals surface area contributed by atoms with E-state index in [-0.39, 0.29) is 0 Å². The van der Waals surface area contributed by atoms with Crippen LogP contribution in [-0.4, -0.2) is 22.5 Å². The Balaban J connectivity index is 2.03. The van der Waals surface area contributed by atoms with Gasteiger partial charge in [0.25, 0.3) is 0 Å². The third-order valence-electron chi connectivity index (χ3n) is 1.39. The average molecular weight is 159 g/mol. The highest BCUT2D eigenvalue weighted by atomic mass is 35.5. The van der Waals surface area contributed by atoms with Gasteiger partial charge in [0, 0.05) is 6.20 Å². The lowest BCUT2D eigenvalue weighted by Crippen LogP contribution is -2.03. The molecule has 1 fully saturated rings. The third-order valence-corrected chi connectivity index (χ3v) is 1.59. The standard InChI is InChI=1S/C6H7ClN2O/c7-5-1-8-9(2-5)3-6-4-10-6/h1-2,6H,3-4H2. The van der Waals surface area contributed by atoms with Gasteiger partial charge >= 0.3 is 0 Å². The fourth-order valence-electron chi connectivity index (χ4n) is 0.820. The number of aromatic nitrogens is 2. The summed E-state index contributed by atoms with van der Waals surface area (Å²) in [5.41, 5.74) is 0. The Hall–Kier alpha value is -0.540. The molecule has 1 atom stereocenters. The lowest BCUT2D eigenvalue weighted by molar-refractivity contribution is 0.373. The first kappa shape index (κ1) is 6.19. The molecular weight excluding hydrogens is 152 g/mol. The lowest BCUT2D eigenvalue weighted by atomic mass is 10.5. The van der Waals surface area contributed by atoms with Crippen LogP contribution in [0.1, 0.15) is 0 Å². The van der Waals surface area contributed by atoms with E-state index in [4.69, 9.17) is 16.3 Å². The topological polar surface area (TPSA) is 30.4 Å². The van der Waals surface area contributed by atoms with Crippen molar-refractivity contribution in [3.8, 4) is 0 Å². The number of rotatable bonds is 2. The van der Waals surface area contributed by atoms with Crippen LogP contribution in [0.3, 0.4) is 0 Å². The maximum atomic E-state index is 5.64. The molecule has 1 aromatic heterocycles. The van der Waals surface area contributed by atoms with Gasteiger partial charge in [0.15, 0.2) is 0 Å². The van der Waals surface area contributed by atoms with Gasteiger partial charge in [-0.1, -0.05) is 11.6 Å². The predicted molar refractivity (Wildman–Crippen MR) is 37.0 cm³/mol. The molecule has 0 N–H and O–H groups in total. The summed E-state index contributed by atoms with van der Waals surface area (Å²) < 4.78 is 6.81. The van der Waals surface area contributed by atoms with Crippen LogP contribution < -0.4 is 0 Å². The smallest absolute Gasteiger partial charge is 0.100 e. The summed E-state index contributed by atoms with van der Waals surface area (Å²) in [5, 5.41) is 4.68. The highest BCUT2D eigenvalue weighted by Gasteiger charge is 2.22. The highest BCUT2D eigenvalue weighted by Crippen LogP contribution is 2.12. The van der Waals surface area contributed by atoms with Gasteiger partial charge < -0.3 is 4.74 Å². The molecule has 0 aromatic carbocycles. The Labute approximate surface area is 63.5 Å². The molecule has 4 heteroatoms. The van der Waals surface area contributed by atoms with Gasteiger partial charge in [0.1, 0.15) is 6.10 Å². The summed E-state index contributed by atoms with van der Waals surface area (Å²) in [5.74, 6) is 0. The maximum Gasteiger partial charge on any atom is 0.100 e. The van der Waals surface area contributed by atoms with Gasteiger partial charge in [-0.05, 0) is 0 Å². The maximum absolute atomic E-state index is 5.64. The van der Waals surface area contributed by atoms with E-state index in [0.29, 0.717) is 11.1 Å². The molecule has 0 amide bonds. The van der Waals surface area contributed by atoms with Gasteiger partial charge in [-0.3, -0.25) is 4.68 Å². The van der Waals surface area contributed by atoms with Gasteiger partial charge in [0.05, 0.1) is 24.4 Å². The van der Waals surface area contributed by atoms with E-state index in [1.54, 1.807) is 17.1 Å². The number of hydrogen-bond donors (Lipinski definition) is 0. The first-order chi connectivity index (χ1) is 4.84. The molecule has 1 unspecified atom stereocenters. The molecular formula is C6H7ClN2O. The summed E-state index contributed by atoms with van der Waals surface area (Å²) in [6.07, 6.45) is 3.80. The molecule has 2 heterocycles. The molecule has 0 radical (unpaired) electrons.